The molecule has 6 aliphatic rings. The molecule has 8 heteroatoms. The van der Waals surface area contributed by atoms with E-state index < -0.39 is 16.4 Å². The van der Waals surface area contributed by atoms with E-state index >= 15 is 4.79 Å². The number of piperidine rings is 1. The number of likely N-dealkylation sites (tertiary alicyclic amines) is 1. The number of Topliss-reactive ketones (excluding diaryl/α,β-unsaturated/α-hetero) is 1. The number of fused-ring (bicyclic) bond motifs is 1. The highest BCUT2D eigenvalue weighted by atomic mass is 16.5. The average molecular weight is 700 g/mol. The standard InChI is InChI=1S/C42H77N5O3/c1-10-14-15-16-17-18-19-20-21-40(29(8)11-2)37-41-30(12-3)34(47(9)31(22-27(5)6)35(41)45-40)28(7)25-50-33-24-43-32-23-44-36(42(32,33)38(41)49)39(13-4,26-48)46-37/h27-37,43-46,48H,10-26H2,1-9H3/t28?,29-,30?,31?,32?,33?,34?,35?,36?,37?,39?,40?,41?,42?/m0/s1. The summed E-state index contributed by atoms with van der Waals surface area (Å²) >= 11 is 0. The number of nitrogens with zero attached hydrogens (tertiary/aromatic N) is 1. The summed E-state index contributed by atoms with van der Waals surface area (Å²) < 4.78 is 7.09. The van der Waals surface area contributed by atoms with Gasteiger partial charge in [0.1, 0.15) is 0 Å². The summed E-state index contributed by atoms with van der Waals surface area (Å²) in [6.07, 6.45) is 15.0. The van der Waals surface area contributed by atoms with Crippen LogP contribution in [0.1, 0.15) is 139 Å². The summed E-state index contributed by atoms with van der Waals surface area (Å²) in [5.41, 5.74) is -2.29. The lowest BCUT2D eigenvalue weighted by atomic mass is 9.48. The van der Waals surface area contributed by atoms with Gasteiger partial charge in [-0.15, -0.1) is 0 Å². The predicted octanol–water partition coefficient (Wildman–Crippen LogP) is 5.66. The predicted molar refractivity (Wildman–Crippen MR) is 204 cm³/mol. The Labute approximate surface area is 306 Å². The number of ketones is 1. The molecule has 6 saturated heterocycles. The molecule has 13 unspecified atom stereocenters. The van der Waals surface area contributed by atoms with Crippen LogP contribution in [0.15, 0.2) is 0 Å². The van der Waals surface area contributed by atoms with Crippen LogP contribution in [-0.2, 0) is 9.53 Å². The van der Waals surface area contributed by atoms with Crippen LogP contribution in [0.3, 0.4) is 0 Å². The zero-order valence-corrected chi connectivity index (χ0v) is 33.6. The summed E-state index contributed by atoms with van der Waals surface area (Å²) in [7, 11) is 2.38. The Kier molecular flexibility index (Phi) is 11.9. The zero-order valence-electron chi connectivity index (χ0n) is 33.6. The van der Waals surface area contributed by atoms with Gasteiger partial charge in [0, 0.05) is 54.9 Å². The minimum atomic E-state index is -0.745. The molecule has 6 rings (SSSR count). The number of carbonyl (C=O) groups excluding carboxylic acids is 1. The van der Waals surface area contributed by atoms with Gasteiger partial charge in [-0.25, -0.2) is 0 Å². The molecule has 288 valence electrons. The quantitative estimate of drug-likeness (QED) is 0.132. The first-order valence-electron chi connectivity index (χ1n) is 21.5. The SMILES string of the molecule is CCCCCCCCCCC1([C@@H](C)CC)NC2C(CC(C)C)N(C)C3C(C)COC4CNC5CNC6C(CC)(CO)NC1C2(C(=O)C546)C3CC. The van der Waals surface area contributed by atoms with E-state index in [9.17, 15) is 5.11 Å². The minimum absolute atomic E-state index is 0.00285. The van der Waals surface area contributed by atoms with Crippen molar-refractivity contribution in [2.24, 2.45) is 34.5 Å². The molecule has 50 heavy (non-hydrogen) atoms. The Hall–Kier alpha value is -0.610. The van der Waals surface area contributed by atoms with Crippen molar-refractivity contribution in [3.63, 3.8) is 0 Å². The first-order chi connectivity index (χ1) is 24.0. The van der Waals surface area contributed by atoms with E-state index in [0.717, 1.165) is 38.6 Å². The summed E-state index contributed by atoms with van der Waals surface area (Å²) in [6, 6.07) is 0.219. The first-order valence-corrected chi connectivity index (χ1v) is 21.5. The highest BCUT2D eigenvalue weighted by Crippen LogP contribution is 2.65. The molecule has 0 aliphatic carbocycles. The third kappa shape index (κ3) is 5.56. The van der Waals surface area contributed by atoms with Crippen LogP contribution in [0.2, 0.25) is 0 Å². The third-order valence-electron chi connectivity index (χ3n) is 15.9. The number of carbonyl (C=O) groups is 1. The van der Waals surface area contributed by atoms with E-state index in [1.165, 1.54) is 51.4 Å². The molecule has 6 fully saturated rings. The van der Waals surface area contributed by atoms with Crippen molar-refractivity contribution in [2.45, 2.75) is 192 Å². The average Bonchev–Trinajstić information content (AvgIpc) is 3.74. The summed E-state index contributed by atoms with van der Waals surface area (Å²) in [6.45, 7) is 21.0. The smallest absolute Gasteiger partial charge is 0.154 e. The van der Waals surface area contributed by atoms with Crippen LogP contribution in [-0.4, -0.2) is 103 Å². The number of hydrogen-bond acceptors (Lipinski definition) is 8. The van der Waals surface area contributed by atoms with E-state index in [4.69, 9.17) is 4.74 Å². The molecule has 5 N–H and O–H groups in total. The van der Waals surface area contributed by atoms with Crippen molar-refractivity contribution in [1.82, 2.24) is 26.2 Å². The first kappa shape index (κ1) is 39.1. The normalized spacial score (nSPS) is 46.1. The zero-order chi connectivity index (χ0) is 36.1. The Morgan fingerprint density at radius 3 is 2.24 bits per heavy atom. The van der Waals surface area contributed by atoms with Crippen LogP contribution >= 0.6 is 0 Å². The van der Waals surface area contributed by atoms with Gasteiger partial charge in [-0.2, -0.15) is 0 Å². The van der Waals surface area contributed by atoms with Crippen LogP contribution in [0, 0.1) is 34.5 Å². The number of ether oxygens (including phenoxy) is 1. The van der Waals surface area contributed by atoms with Gasteiger partial charge in [-0.05, 0) is 50.0 Å². The van der Waals surface area contributed by atoms with Gasteiger partial charge >= 0.3 is 0 Å². The number of rotatable bonds is 16. The topological polar surface area (TPSA) is 97.9 Å². The largest absolute Gasteiger partial charge is 0.394 e. The fourth-order valence-corrected chi connectivity index (χ4v) is 13.4. The van der Waals surface area contributed by atoms with Gasteiger partial charge in [-0.3, -0.25) is 9.69 Å². The molecular formula is C42H77N5O3. The Bertz CT molecular complexity index is 1160. The molecule has 6 heterocycles. The summed E-state index contributed by atoms with van der Waals surface area (Å²) in [5.74, 6) is 1.79. The van der Waals surface area contributed by atoms with Gasteiger partial charge < -0.3 is 31.1 Å². The molecule has 0 saturated carbocycles. The van der Waals surface area contributed by atoms with Gasteiger partial charge in [0.2, 0.25) is 0 Å². The highest BCUT2D eigenvalue weighted by Gasteiger charge is 2.82. The van der Waals surface area contributed by atoms with Crippen molar-refractivity contribution in [1.29, 1.82) is 0 Å². The number of nitrogens with one attached hydrogen (secondary N) is 4. The molecule has 0 radical (unpaired) electrons. The number of aliphatic hydroxyl groups excluding tert-OH is 1. The molecule has 8 nitrogen and oxygen atoms in total. The number of likely N-dealkylation sites (N-methyl/N-ethyl adjacent to an activating group) is 1. The third-order valence-corrected chi connectivity index (χ3v) is 15.9. The van der Waals surface area contributed by atoms with E-state index in [1.807, 2.05) is 0 Å². The van der Waals surface area contributed by atoms with Crippen LogP contribution in [0.4, 0.5) is 0 Å². The van der Waals surface area contributed by atoms with Crippen molar-refractivity contribution < 1.29 is 14.6 Å². The van der Waals surface area contributed by atoms with E-state index in [1.54, 1.807) is 0 Å². The van der Waals surface area contributed by atoms with Crippen LogP contribution in [0.5, 0.6) is 0 Å². The Morgan fingerprint density at radius 1 is 0.920 bits per heavy atom. The van der Waals surface area contributed by atoms with Gasteiger partial charge in [0.15, 0.2) is 5.78 Å². The number of unbranched alkanes of at least 4 members (excludes halogenated alkanes) is 7. The molecule has 2 spiro atoms. The second-order valence-electron chi connectivity index (χ2n) is 18.6. The molecule has 0 aromatic rings. The number of hydrogen-bond donors (Lipinski definition) is 5. The Morgan fingerprint density at radius 2 is 1.62 bits per heavy atom. The molecule has 0 aromatic carbocycles. The van der Waals surface area contributed by atoms with Crippen molar-refractivity contribution >= 4 is 5.78 Å². The minimum Gasteiger partial charge on any atom is -0.394 e. The highest BCUT2D eigenvalue weighted by molar-refractivity contribution is 5.97. The van der Waals surface area contributed by atoms with Crippen molar-refractivity contribution in [3.8, 4) is 0 Å². The fraction of sp³-hybridized carbons (Fsp3) is 0.976. The van der Waals surface area contributed by atoms with E-state index in [-0.39, 0.29) is 60.4 Å². The molecule has 0 aromatic heterocycles. The van der Waals surface area contributed by atoms with Gasteiger partial charge in [0.05, 0.1) is 35.7 Å². The second-order valence-corrected chi connectivity index (χ2v) is 18.6. The molecule has 3 bridgehead atoms. The number of aliphatic hydroxyl groups is 1. The lowest BCUT2D eigenvalue weighted by molar-refractivity contribution is -0.160. The maximum Gasteiger partial charge on any atom is 0.154 e. The second kappa shape index (κ2) is 15.3. The van der Waals surface area contributed by atoms with Gasteiger partial charge in [-0.1, -0.05) is 120 Å². The molecule has 0 amide bonds. The van der Waals surface area contributed by atoms with E-state index in [2.05, 4.69) is 88.6 Å². The molecule has 14 atom stereocenters. The van der Waals surface area contributed by atoms with Crippen LogP contribution in [0.25, 0.3) is 0 Å². The maximum absolute atomic E-state index is 16.9. The van der Waals surface area contributed by atoms with Crippen LogP contribution < -0.4 is 21.3 Å². The monoisotopic (exact) mass is 700 g/mol. The Balaban J connectivity index is 1.57. The van der Waals surface area contributed by atoms with Crippen molar-refractivity contribution in [3.05, 3.63) is 0 Å². The lowest BCUT2D eigenvalue weighted by Gasteiger charge is -2.60. The van der Waals surface area contributed by atoms with Gasteiger partial charge in [0.25, 0.3) is 0 Å². The maximum atomic E-state index is 16.9. The van der Waals surface area contributed by atoms with Crippen molar-refractivity contribution in [2.75, 3.05) is 33.4 Å². The summed E-state index contributed by atoms with van der Waals surface area (Å²) in [5, 5.41) is 28.5. The van der Waals surface area contributed by atoms with E-state index in [0.29, 0.717) is 36.7 Å². The fourth-order valence-electron chi connectivity index (χ4n) is 13.4. The molecular weight excluding hydrogens is 622 g/mol. The molecule has 6 aliphatic heterocycles. The lowest BCUT2D eigenvalue weighted by Crippen LogP contribution is -2.74. The summed E-state index contributed by atoms with van der Waals surface area (Å²) in [4.78, 5) is 19.6.